The quantitative estimate of drug-likeness (QED) is 0.537. The van der Waals surface area contributed by atoms with E-state index >= 15 is 0 Å². The second kappa shape index (κ2) is 9.00. The van der Waals surface area contributed by atoms with Crippen LogP contribution in [0, 0.1) is 29.4 Å². The molecule has 0 spiro atoms. The molecule has 1 saturated carbocycles. The van der Waals surface area contributed by atoms with E-state index in [4.69, 9.17) is 14.2 Å². The van der Waals surface area contributed by atoms with Gasteiger partial charge in [0.15, 0.2) is 11.5 Å². The number of halogens is 2. The van der Waals surface area contributed by atoms with Crippen LogP contribution in [0.25, 0.3) is 0 Å². The van der Waals surface area contributed by atoms with E-state index < -0.39 is 29.3 Å². The highest BCUT2D eigenvalue weighted by molar-refractivity contribution is 5.75. The van der Waals surface area contributed by atoms with Crippen molar-refractivity contribution in [2.75, 3.05) is 13.2 Å². The molecule has 2 atom stereocenters. The summed E-state index contributed by atoms with van der Waals surface area (Å²) in [5, 5.41) is 0. The molecule has 0 N–H and O–H groups in total. The van der Waals surface area contributed by atoms with Gasteiger partial charge in [-0.25, -0.2) is 0 Å². The molecule has 4 nitrogen and oxygen atoms in total. The van der Waals surface area contributed by atoms with E-state index in [0.717, 1.165) is 12.3 Å². The van der Waals surface area contributed by atoms with Crippen LogP contribution in [0.15, 0.2) is 12.1 Å². The molecule has 1 saturated heterocycles. The van der Waals surface area contributed by atoms with Gasteiger partial charge in [-0.3, -0.25) is 4.79 Å². The van der Waals surface area contributed by atoms with Crippen LogP contribution in [0.4, 0.5) is 8.78 Å². The third-order valence-electron chi connectivity index (χ3n) is 5.75. The molecule has 0 aromatic heterocycles. The topological polar surface area (TPSA) is 44.8 Å². The summed E-state index contributed by atoms with van der Waals surface area (Å²) in [5.74, 6) is -2.63. The highest BCUT2D eigenvalue weighted by Crippen LogP contribution is 2.36. The fraction of sp³-hybridized carbons (Fsp3) is 0.667. The van der Waals surface area contributed by atoms with Crippen molar-refractivity contribution in [1.29, 1.82) is 0 Å². The van der Waals surface area contributed by atoms with Gasteiger partial charge in [-0.05, 0) is 56.6 Å². The second-order valence-electron chi connectivity index (χ2n) is 7.71. The lowest BCUT2D eigenvalue weighted by atomic mass is 9.78. The van der Waals surface area contributed by atoms with Crippen LogP contribution < -0.4 is 9.47 Å². The van der Waals surface area contributed by atoms with Crippen molar-refractivity contribution in [3.05, 3.63) is 23.8 Å². The van der Waals surface area contributed by atoms with Crippen molar-refractivity contribution in [2.45, 2.75) is 58.5 Å². The zero-order valence-electron chi connectivity index (χ0n) is 16.0. The van der Waals surface area contributed by atoms with Crippen molar-refractivity contribution in [2.24, 2.45) is 17.8 Å². The summed E-state index contributed by atoms with van der Waals surface area (Å²) in [6.45, 7) is 4.45. The van der Waals surface area contributed by atoms with Crippen LogP contribution in [0.5, 0.6) is 11.5 Å². The first-order valence-electron chi connectivity index (χ1n) is 9.93. The van der Waals surface area contributed by atoms with Crippen LogP contribution in [-0.4, -0.2) is 25.3 Å². The maximum absolute atomic E-state index is 14.1. The van der Waals surface area contributed by atoms with E-state index in [1.54, 1.807) is 6.92 Å². The molecule has 0 amide bonds. The van der Waals surface area contributed by atoms with Crippen molar-refractivity contribution < 1.29 is 27.8 Å². The van der Waals surface area contributed by atoms with Gasteiger partial charge in [-0.2, -0.15) is 8.78 Å². The van der Waals surface area contributed by atoms with Crippen LogP contribution in [0.2, 0.25) is 0 Å². The maximum atomic E-state index is 14.1. The first-order valence-corrected chi connectivity index (χ1v) is 9.93. The lowest BCUT2D eigenvalue weighted by molar-refractivity contribution is -0.147. The van der Waals surface area contributed by atoms with Crippen LogP contribution in [-0.2, 0) is 9.53 Å². The molecule has 1 aliphatic heterocycles. The summed E-state index contributed by atoms with van der Waals surface area (Å²) in [4.78, 5) is 12.3. The van der Waals surface area contributed by atoms with Gasteiger partial charge in [0.05, 0.1) is 25.2 Å². The molecule has 1 aliphatic carbocycles. The number of hydrogen-bond acceptors (Lipinski definition) is 4. The minimum Gasteiger partial charge on any atom is -0.491 e. The summed E-state index contributed by atoms with van der Waals surface area (Å²) in [6, 6.07) is 2.49. The summed E-state index contributed by atoms with van der Waals surface area (Å²) in [7, 11) is 0. The lowest BCUT2D eigenvalue weighted by Gasteiger charge is -2.36. The Morgan fingerprint density at radius 2 is 1.74 bits per heavy atom. The monoisotopic (exact) mass is 382 g/mol. The first kappa shape index (κ1) is 20.1. The molecule has 2 fully saturated rings. The van der Waals surface area contributed by atoms with Crippen molar-refractivity contribution in [3.8, 4) is 11.5 Å². The Labute approximate surface area is 159 Å². The molecule has 1 heterocycles. The van der Waals surface area contributed by atoms with Gasteiger partial charge >= 0.3 is 5.97 Å². The van der Waals surface area contributed by atoms with Gasteiger partial charge in [0.2, 0.25) is 11.6 Å². The molecule has 2 aliphatic rings. The number of ether oxygens (including phenoxy) is 3. The Morgan fingerprint density at radius 1 is 1.07 bits per heavy atom. The normalized spacial score (nSPS) is 28.6. The highest BCUT2D eigenvalue weighted by atomic mass is 19.2. The Balaban J connectivity index is 1.53. The van der Waals surface area contributed by atoms with E-state index in [9.17, 15) is 13.6 Å². The van der Waals surface area contributed by atoms with Crippen molar-refractivity contribution >= 4 is 5.97 Å². The van der Waals surface area contributed by atoms with E-state index in [2.05, 4.69) is 6.92 Å². The third-order valence-corrected chi connectivity index (χ3v) is 5.75. The average Bonchev–Trinajstić information content (AvgIpc) is 2.68. The van der Waals surface area contributed by atoms with Crippen molar-refractivity contribution in [3.63, 3.8) is 0 Å². The number of carbonyl (C=O) groups excluding carboxylic acids is 1. The number of esters is 1. The molecule has 27 heavy (non-hydrogen) atoms. The van der Waals surface area contributed by atoms with Crippen LogP contribution in [0.1, 0.15) is 52.4 Å². The first-order chi connectivity index (χ1) is 13.0. The summed E-state index contributed by atoms with van der Waals surface area (Å²) >= 11 is 0. The van der Waals surface area contributed by atoms with Gasteiger partial charge in [0, 0.05) is 0 Å². The lowest BCUT2D eigenvalue weighted by Crippen LogP contribution is -2.37. The van der Waals surface area contributed by atoms with Gasteiger partial charge in [-0.1, -0.05) is 19.8 Å². The van der Waals surface area contributed by atoms with Gasteiger partial charge in [0.25, 0.3) is 0 Å². The Morgan fingerprint density at radius 3 is 2.37 bits per heavy atom. The van der Waals surface area contributed by atoms with Crippen molar-refractivity contribution in [1.82, 2.24) is 0 Å². The zero-order chi connectivity index (χ0) is 19.4. The smallest absolute Gasteiger partial charge is 0.316 e. The highest BCUT2D eigenvalue weighted by Gasteiger charge is 2.34. The van der Waals surface area contributed by atoms with Gasteiger partial charge in [-0.15, -0.1) is 0 Å². The third kappa shape index (κ3) is 4.78. The number of benzene rings is 1. The van der Waals surface area contributed by atoms with Crippen LogP contribution in [0.3, 0.4) is 0 Å². The molecule has 6 heteroatoms. The average molecular weight is 382 g/mol. The van der Waals surface area contributed by atoms with E-state index in [1.807, 2.05) is 0 Å². The Bertz CT molecular complexity index is 648. The zero-order valence-corrected chi connectivity index (χ0v) is 16.0. The number of hydrogen-bond donors (Lipinski definition) is 0. The predicted molar refractivity (Wildman–Crippen MR) is 96.7 cm³/mol. The van der Waals surface area contributed by atoms with E-state index in [-0.39, 0.29) is 25.1 Å². The summed E-state index contributed by atoms with van der Waals surface area (Å²) in [6.07, 6.45) is 6.48. The Hall–Kier alpha value is -1.69. The minimum absolute atomic E-state index is 0.194. The van der Waals surface area contributed by atoms with Crippen LogP contribution >= 0.6 is 0 Å². The predicted octanol–water partition coefficient (Wildman–Crippen LogP) is 4.89. The molecule has 0 bridgehead atoms. The van der Waals surface area contributed by atoms with Gasteiger partial charge in [0.1, 0.15) is 0 Å². The SMILES string of the molecule is CCOc1ccc(OC(=O)C2CCC(C3CCC(C)CC3)OC2)c(F)c1F. The molecule has 1 aromatic carbocycles. The summed E-state index contributed by atoms with van der Waals surface area (Å²) in [5.41, 5.74) is 0. The molecule has 0 radical (unpaired) electrons. The minimum atomic E-state index is -1.21. The maximum Gasteiger partial charge on any atom is 0.316 e. The van der Waals surface area contributed by atoms with Gasteiger partial charge < -0.3 is 14.2 Å². The molecule has 150 valence electrons. The Kier molecular flexibility index (Phi) is 6.68. The molecule has 3 rings (SSSR count). The molecule has 2 unspecified atom stereocenters. The van der Waals surface area contributed by atoms with E-state index in [1.165, 1.54) is 37.8 Å². The fourth-order valence-corrected chi connectivity index (χ4v) is 4.04. The van der Waals surface area contributed by atoms with E-state index in [0.29, 0.717) is 12.3 Å². The number of carbonyl (C=O) groups is 1. The number of rotatable bonds is 5. The fourth-order valence-electron chi connectivity index (χ4n) is 4.04. The molecular formula is C21H28F2O4. The molecular weight excluding hydrogens is 354 g/mol. The summed E-state index contributed by atoms with van der Waals surface area (Å²) < 4.78 is 44.0. The standard InChI is InChI=1S/C21H28F2O4/c1-3-25-17-10-11-18(20(23)19(17)22)27-21(24)15-8-9-16(26-12-15)14-6-4-13(2)5-7-14/h10-11,13-16H,3-9,12H2,1-2H3. The second-order valence-corrected chi connectivity index (χ2v) is 7.71. The molecule has 1 aromatic rings. The largest absolute Gasteiger partial charge is 0.491 e.